The topological polar surface area (TPSA) is 134 Å². The van der Waals surface area contributed by atoms with Gasteiger partial charge in [0.05, 0.1) is 0 Å². The van der Waals surface area contributed by atoms with Crippen molar-refractivity contribution in [1.82, 2.24) is 16.0 Å². The molecule has 0 bridgehead atoms. The number of nitrogens with two attached hydrogens (primary N) is 1. The van der Waals surface area contributed by atoms with E-state index in [2.05, 4.69) is 16.0 Å². The minimum Gasteiger partial charge on any atom is -0.481 e. The number of carbonyl (C=O) groups is 3. The first kappa shape index (κ1) is 14.0. The third-order valence-electron chi connectivity index (χ3n) is 1.56. The first-order valence-electron chi connectivity index (χ1n) is 4.79. The number of hydrogen-bond donors (Lipinski definition) is 5. The van der Waals surface area contributed by atoms with Crippen LogP contribution < -0.4 is 21.7 Å². The van der Waals surface area contributed by atoms with Gasteiger partial charge in [-0.3, -0.25) is 4.79 Å². The van der Waals surface area contributed by atoms with Crippen LogP contribution in [0.25, 0.3) is 0 Å². The summed E-state index contributed by atoms with van der Waals surface area (Å²) in [7, 11) is 0. The molecule has 6 N–H and O–H groups in total. The molecule has 0 aliphatic rings. The number of rotatable bonds is 7. The average molecular weight is 232 g/mol. The molecule has 4 amide bonds. The van der Waals surface area contributed by atoms with Crippen LogP contribution in [-0.4, -0.2) is 42.8 Å². The van der Waals surface area contributed by atoms with E-state index in [1.165, 1.54) is 0 Å². The van der Waals surface area contributed by atoms with Crippen LogP contribution in [0.2, 0.25) is 0 Å². The number of hydrogen-bond acceptors (Lipinski definition) is 3. The lowest BCUT2D eigenvalue weighted by atomic mass is 10.3. The predicted molar refractivity (Wildman–Crippen MR) is 55.9 cm³/mol. The average Bonchev–Trinajstić information content (AvgIpc) is 2.19. The molecule has 0 aromatic rings. The molecule has 0 aromatic carbocycles. The lowest BCUT2D eigenvalue weighted by Crippen LogP contribution is -2.41. The quantitative estimate of drug-likeness (QED) is 0.353. The van der Waals surface area contributed by atoms with Gasteiger partial charge < -0.3 is 26.8 Å². The second-order valence-corrected chi connectivity index (χ2v) is 2.97. The summed E-state index contributed by atoms with van der Waals surface area (Å²) in [4.78, 5) is 31.4. The van der Waals surface area contributed by atoms with Gasteiger partial charge in [-0.25, -0.2) is 9.59 Å². The van der Waals surface area contributed by atoms with Gasteiger partial charge in [0.2, 0.25) is 0 Å². The Bertz CT molecular complexity index is 232. The molecule has 0 aliphatic carbocycles. The van der Waals surface area contributed by atoms with Crippen molar-refractivity contribution in [3.8, 4) is 0 Å². The van der Waals surface area contributed by atoms with Gasteiger partial charge in [0.15, 0.2) is 0 Å². The Morgan fingerprint density at radius 3 is 2.12 bits per heavy atom. The van der Waals surface area contributed by atoms with E-state index in [4.69, 9.17) is 10.8 Å². The number of urea groups is 2. The summed E-state index contributed by atoms with van der Waals surface area (Å²) in [5.41, 5.74) is 4.80. The Labute approximate surface area is 92.6 Å². The van der Waals surface area contributed by atoms with Crippen LogP contribution in [0, 0.1) is 0 Å². The maximum absolute atomic E-state index is 11.0. The monoisotopic (exact) mass is 232 g/mol. The Kier molecular flexibility index (Phi) is 7.29. The van der Waals surface area contributed by atoms with E-state index in [0.29, 0.717) is 13.0 Å². The first-order chi connectivity index (χ1) is 7.52. The molecule has 0 saturated heterocycles. The minimum absolute atomic E-state index is 0.0174. The second-order valence-electron chi connectivity index (χ2n) is 2.97. The van der Waals surface area contributed by atoms with Gasteiger partial charge >= 0.3 is 18.0 Å². The Morgan fingerprint density at radius 1 is 1.00 bits per heavy atom. The number of amides is 4. The molecule has 92 valence electrons. The summed E-state index contributed by atoms with van der Waals surface area (Å²) in [6.45, 7) is 0.799. The predicted octanol–water partition coefficient (Wildman–Crippen LogP) is -1.18. The summed E-state index contributed by atoms with van der Waals surface area (Å²) in [6, 6.07) is -1.06. The smallest absolute Gasteiger partial charge is 0.314 e. The van der Waals surface area contributed by atoms with Crippen LogP contribution in [0.5, 0.6) is 0 Å². The van der Waals surface area contributed by atoms with Crippen LogP contribution in [0.3, 0.4) is 0 Å². The van der Waals surface area contributed by atoms with E-state index < -0.39 is 18.0 Å². The summed E-state index contributed by atoms with van der Waals surface area (Å²) in [6.07, 6.45) is 0.395. The SMILES string of the molecule is NC(=O)NCCNC(=O)NCCCC(=O)O. The molecule has 0 aliphatic heterocycles. The molecule has 0 saturated carbocycles. The van der Waals surface area contributed by atoms with Crippen LogP contribution >= 0.6 is 0 Å². The largest absolute Gasteiger partial charge is 0.481 e. The van der Waals surface area contributed by atoms with Crippen molar-refractivity contribution in [2.75, 3.05) is 19.6 Å². The highest BCUT2D eigenvalue weighted by molar-refractivity contribution is 5.74. The van der Waals surface area contributed by atoms with E-state index in [1.807, 2.05) is 0 Å². The zero-order chi connectivity index (χ0) is 12.4. The van der Waals surface area contributed by atoms with Crippen molar-refractivity contribution < 1.29 is 19.5 Å². The fraction of sp³-hybridized carbons (Fsp3) is 0.625. The molecule has 0 unspecified atom stereocenters. The molecule has 0 heterocycles. The molecular formula is C8H16N4O4. The lowest BCUT2D eigenvalue weighted by molar-refractivity contribution is -0.137. The summed E-state index contributed by atoms with van der Waals surface area (Å²) < 4.78 is 0. The van der Waals surface area contributed by atoms with Crippen LogP contribution in [0.4, 0.5) is 9.59 Å². The Balaban J connectivity index is 3.31. The molecule has 16 heavy (non-hydrogen) atoms. The van der Waals surface area contributed by atoms with E-state index in [1.54, 1.807) is 0 Å². The second kappa shape index (κ2) is 8.33. The van der Waals surface area contributed by atoms with Crippen LogP contribution in [-0.2, 0) is 4.79 Å². The summed E-state index contributed by atoms with van der Waals surface area (Å²) in [5.74, 6) is -0.895. The molecule has 0 radical (unpaired) electrons. The van der Waals surface area contributed by atoms with Crippen molar-refractivity contribution in [3.63, 3.8) is 0 Å². The number of primary amides is 1. The third-order valence-corrected chi connectivity index (χ3v) is 1.56. The molecule has 0 aromatic heterocycles. The van der Waals surface area contributed by atoms with Crippen LogP contribution in [0.1, 0.15) is 12.8 Å². The van der Waals surface area contributed by atoms with Gasteiger partial charge in [0.1, 0.15) is 0 Å². The molecule has 8 nitrogen and oxygen atoms in total. The third kappa shape index (κ3) is 10.1. The highest BCUT2D eigenvalue weighted by Crippen LogP contribution is 1.85. The number of aliphatic carboxylic acids is 1. The lowest BCUT2D eigenvalue weighted by Gasteiger charge is -2.06. The van der Waals surface area contributed by atoms with Gasteiger partial charge in [-0.15, -0.1) is 0 Å². The standard InChI is InChI=1S/C8H16N4O4/c9-7(15)10-4-5-12-8(16)11-3-1-2-6(13)14/h1-5H2,(H,13,14)(H3,9,10,15)(H2,11,12,16). The van der Waals surface area contributed by atoms with Crippen LogP contribution in [0.15, 0.2) is 0 Å². The van der Waals surface area contributed by atoms with E-state index >= 15 is 0 Å². The summed E-state index contributed by atoms with van der Waals surface area (Å²) >= 11 is 0. The zero-order valence-electron chi connectivity index (χ0n) is 8.78. The van der Waals surface area contributed by atoms with Gasteiger partial charge in [-0.05, 0) is 6.42 Å². The molecule has 8 heteroatoms. The van der Waals surface area contributed by atoms with Gasteiger partial charge in [0, 0.05) is 26.1 Å². The number of carboxylic acid groups (broad SMARTS) is 1. The van der Waals surface area contributed by atoms with Crippen molar-refractivity contribution >= 4 is 18.0 Å². The molecule has 0 atom stereocenters. The van der Waals surface area contributed by atoms with Crippen molar-refractivity contribution in [1.29, 1.82) is 0 Å². The van der Waals surface area contributed by atoms with E-state index in [-0.39, 0.29) is 19.5 Å². The number of carboxylic acids is 1. The van der Waals surface area contributed by atoms with Crippen molar-refractivity contribution in [3.05, 3.63) is 0 Å². The maximum atomic E-state index is 11.0. The minimum atomic E-state index is -0.895. The fourth-order valence-corrected chi connectivity index (χ4v) is 0.866. The molecule has 0 fully saturated rings. The van der Waals surface area contributed by atoms with E-state index in [9.17, 15) is 14.4 Å². The maximum Gasteiger partial charge on any atom is 0.314 e. The summed E-state index contributed by atoms with van der Waals surface area (Å²) in [5, 5.41) is 15.6. The number of carbonyl (C=O) groups excluding carboxylic acids is 2. The van der Waals surface area contributed by atoms with Gasteiger partial charge in [0.25, 0.3) is 0 Å². The molecule has 0 spiro atoms. The van der Waals surface area contributed by atoms with Crippen molar-refractivity contribution in [2.24, 2.45) is 5.73 Å². The first-order valence-corrected chi connectivity index (χ1v) is 4.79. The van der Waals surface area contributed by atoms with Gasteiger partial charge in [-0.1, -0.05) is 0 Å². The highest BCUT2D eigenvalue weighted by Gasteiger charge is 2.00. The zero-order valence-corrected chi connectivity index (χ0v) is 8.78. The fourth-order valence-electron chi connectivity index (χ4n) is 0.866. The molecule has 0 rings (SSSR count). The molecular weight excluding hydrogens is 216 g/mol. The Hall–Kier alpha value is -1.99. The van der Waals surface area contributed by atoms with Gasteiger partial charge in [-0.2, -0.15) is 0 Å². The van der Waals surface area contributed by atoms with Crippen molar-refractivity contribution in [2.45, 2.75) is 12.8 Å². The number of nitrogens with one attached hydrogen (secondary N) is 3. The normalized spacial score (nSPS) is 9.25. The highest BCUT2D eigenvalue weighted by atomic mass is 16.4. The van der Waals surface area contributed by atoms with E-state index in [0.717, 1.165) is 0 Å². The Morgan fingerprint density at radius 2 is 1.56 bits per heavy atom.